The Balaban J connectivity index is 1.51. The molecule has 3 aliphatic rings. The number of fused-ring (bicyclic) bond motifs is 3. The fourth-order valence-corrected chi connectivity index (χ4v) is 4.35. The van der Waals surface area contributed by atoms with E-state index < -0.39 is 0 Å². The minimum absolute atomic E-state index is 0.263. The second-order valence-electron chi connectivity index (χ2n) is 6.56. The molecule has 0 bridgehead atoms. The molecular weight excluding hydrogens is 264 g/mol. The van der Waals surface area contributed by atoms with Crippen LogP contribution >= 0.6 is 0 Å². The van der Waals surface area contributed by atoms with Gasteiger partial charge in [-0.3, -0.25) is 4.90 Å². The van der Waals surface area contributed by atoms with Crippen molar-refractivity contribution in [2.75, 3.05) is 38.2 Å². The van der Waals surface area contributed by atoms with E-state index in [1.165, 1.54) is 11.3 Å². The maximum absolute atomic E-state index is 9.86. The third-order valence-electron chi connectivity index (χ3n) is 5.50. The van der Waals surface area contributed by atoms with Gasteiger partial charge in [-0.25, -0.2) is 0 Å². The predicted molar refractivity (Wildman–Crippen MR) is 82.6 cm³/mol. The highest BCUT2D eigenvalue weighted by atomic mass is 16.5. The van der Waals surface area contributed by atoms with Gasteiger partial charge >= 0.3 is 0 Å². The SMILES string of the molecule is OC[C@H]1[C@@H]2c3ccccc3NC[C@@H]2N1CC1CCOCC1. The molecule has 3 atom stereocenters. The van der Waals surface area contributed by atoms with Crippen LogP contribution in [-0.2, 0) is 4.74 Å². The lowest BCUT2D eigenvalue weighted by Crippen LogP contribution is -2.68. The summed E-state index contributed by atoms with van der Waals surface area (Å²) in [7, 11) is 0. The minimum atomic E-state index is 0.263. The smallest absolute Gasteiger partial charge is 0.0593 e. The van der Waals surface area contributed by atoms with Gasteiger partial charge in [0.25, 0.3) is 0 Å². The standard InChI is InChI=1S/C17H24N2O2/c20-11-16-17-13-3-1-2-4-14(13)18-9-15(17)19(16)10-12-5-7-21-8-6-12/h1-4,12,15-18,20H,5-11H2/t15-,16-,17+/m0/s1. The van der Waals surface area contributed by atoms with Crippen LogP contribution in [0.3, 0.4) is 0 Å². The van der Waals surface area contributed by atoms with Crippen LogP contribution < -0.4 is 5.32 Å². The van der Waals surface area contributed by atoms with Gasteiger partial charge in [0, 0.05) is 50.0 Å². The first-order valence-corrected chi connectivity index (χ1v) is 8.15. The molecule has 114 valence electrons. The summed E-state index contributed by atoms with van der Waals surface area (Å²) in [5.41, 5.74) is 2.64. The fourth-order valence-electron chi connectivity index (χ4n) is 4.35. The highest BCUT2D eigenvalue weighted by Crippen LogP contribution is 2.46. The number of aliphatic hydroxyl groups excluding tert-OH is 1. The molecule has 4 heteroatoms. The van der Waals surface area contributed by atoms with E-state index in [4.69, 9.17) is 4.74 Å². The molecule has 2 N–H and O–H groups in total. The molecule has 0 spiro atoms. The summed E-state index contributed by atoms with van der Waals surface area (Å²) >= 11 is 0. The van der Waals surface area contributed by atoms with Crippen LogP contribution in [-0.4, -0.2) is 55.0 Å². The van der Waals surface area contributed by atoms with Gasteiger partial charge in [-0.1, -0.05) is 18.2 Å². The summed E-state index contributed by atoms with van der Waals surface area (Å²) in [5.74, 6) is 1.22. The van der Waals surface area contributed by atoms with Gasteiger partial charge < -0.3 is 15.2 Å². The number of likely N-dealkylation sites (tertiary alicyclic amines) is 1. The van der Waals surface area contributed by atoms with Crippen LogP contribution in [0.1, 0.15) is 24.3 Å². The molecule has 0 radical (unpaired) electrons. The minimum Gasteiger partial charge on any atom is -0.395 e. The number of anilines is 1. The first-order chi connectivity index (χ1) is 10.4. The zero-order valence-electron chi connectivity index (χ0n) is 12.4. The second kappa shape index (κ2) is 5.59. The van der Waals surface area contributed by atoms with Crippen LogP contribution in [0, 0.1) is 5.92 Å². The van der Waals surface area contributed by atoms with Crippen LogP contribution in [0.2, 0.25) is 0 Å². The summed E-state index contributed by atoms with van der Waals surface area (Å²) in [5, 5.41) is 13.4. The number of para-hydroxylation sites is 1. The van der Waals surface area contributed by atoms with E-state index in [1.54, 1.807) is 0 Å². The number of hydrogen-bond donors (Lipinski definition) is 2. The van der Waals surface area contributed by atoms with Crippen molar-refractivity contribution in [1.29, 1.82) is 0 Å². The van der Waals surface area contributed by atoms with Gasteiger partial charge in [0.05, 0.1) is 6.61 Å². The van der Waals surface area contributed by atoms with Gasteiger partial charge in [0.2, 0.25) is 0 Å². The van der Waals surface area contributed by atoms with Gasteiger partial charge in [-0.2, -0.15) is 0 Å². The predicted octanol–water partition coefficient (Wildman–Crippen LogP) is 1.67. The average molecular weight is 288 g/mol. The zero-order chi connectivity index (χ0) is 14.2. The van der Waals surface area contributed by atoms with Gasteiger partial charge in [-0.15, -0.1) is 0 Å². The van der Waals surface area contributed by atoms with Crippen molar-refractivity contribution >= 4 is 5.69 Å². The summed E-state index contributed by atoms with van der Waals surface area (Å²) < 4.78 is 5.46. The molecule has 4 nitrogen and oxygen atoms in total. The lowest BCUT2D eigenvalue weighted by Gasteiger charge is -2.58. The quantitative estimate of drug-likeness (QED) is 0.888. The molecule has 3 heterocycles. The molecule has 1 aromatic carbocycles. The van der Waals surface area contributed by atoms with Crippen molar-refractivity contribution < 1.29 is 9.84 Å². The highest BCUT2D eigenvalue weighted by molar-refractivity contribution is 5.57. The maximum Gasteiger partial charge on any atom is 0.0593 e. The van der Waals surface area contributed by atoms with Crippen molar-refractivity contribution in [1.82, 2.24) is 4.90 Å². The molecule has 21 heavy (non-hydrogen) atoms. The zero-order valence-corrected chi connectivity index (χ0v) is 12.4. The van der Waals surface area contributed by atoms with E-state index in [1.807, 2.05) is 0 Å². The van der Waals surface area contributed by atoms with Crippen LogP contribution in [0.5, 0.6) is 0 Å². The van der Waals surface area contributed by atoms with Crippen molar-refractivity contribution in [2.45, 2.75) is 30.8 Å². The van der Waals surface area contributed by atoms with E-state index in [0.29, 0.717) is 18.0 Å². The Bertz CT molecular complexity index is 501. The molecule has 0 amide bonds. The summed E-state index contributed by atoms with van der Waals surface area (Å²) in [6.45, 7) is 4.18. The Morgan fingerprint density at radius 3 is 2.86 bits per heavy atom. The van der Waals surface area contributed by atoms with Gasteiger partial charge in [-0.05, 0) is 30.4 Å². The third kappa shape index (κ3) is 2.26. The first kappa shape index (κ1) is 13.6. The first-order valence-electron chi connectivity index (χ1n) is 8.15. The molecule has 3 aliphatic heterocycles. The second-order valence-corrected chi connectivity index (χ2v) is 6.56. The van der Waals surface area contributed by atoms with Crippen molar-refractivity contribution in [3.63, 3.8) is 0 Å². The molecule has 0 saturated carbocycles. The largest absolute Gasteiger partial charge is 0.395 e. The van der Waals surface area contributed by atoms with E-state index >= 15 is 0 Å². The van der Waals surface area contributed by atoms with E-state index in [2.05, 4.69) is 34.5 Å². The lowest BCUT2D eigenvalue weighted by atomic mass is 9.72. The monoisotopic (exact) mass is 288 g/mol. The number of nitrogens with zero attached hydrogens (tertiary/aromatic N) is 1. The number of aliphatic hydroxyl groups is 1. The van der Waals surface area contributed by atoms with Crippen LogP contribution in [0.4, 0.5) is 5.69 Å². The van der Waals surface area contributed by atoms with Crippen LogP contribution in [0.15, 0.2) is 24.3 Å². The molecule has 1 aromatic rings. The number of nitrogens with one attached hydrogen (secondary N) is 1. The summed E-state index contributed by atoms with van der Waals surface area (Å²) in [4.78, 5) is 2.53. The fraction of sp³-hybridized carbons (Fsp3) is 0.647. The summed E-state index contributed by atoms with van der Waals surface area (Å²) in [6, 6.07) is 9.40. The van der Waals surface area contributed by atoms with Gasteiger partial charge in [0.15, 0.2) is 0 Å². The Morgan fingerprint density at radius 2 is 2.05 bits per heavy atom. The van der Waals surface area contributed by atoms with Crippen LogP contribution in [0.25, 0.3) is 0 Å². The highest BCUT2D eigenvalue weighted by Gasteiger charge is 2.51. The lowest BCUT2D eigenvalue weighted by molar-refractivity contribution is -0.0602. The summed E-state index contributed by atoms with van der Waals surface area (Å²) in [6.07, 6.45) is 2.33. The van der Waals surface area contributed by atoms with E-state index in [-0.39, 0.29) is 6.61 Å². The number of benzene rings is 1. The molecular formula is C17H24N2O2. The molecule has 4 rings (SSSR count). The topological polar surface area (TPSA) is 44.7 Å². The Hall–Kier alpha value is -1.10. The average Bonchev–Trinajstić information content (AvgIpc) is 2.54. The normalized spacial score (nSPS) is 32.7. The third-order valence-corrected chi connectivity index (χ3v) is 5.50. The molecule has 0 aromatic heterocycles. The van der Waals surface area contributed by atoms with Crippen molar-refractivity contribution in [2.24, 2.45) is 5.92 Å². The number of rotatable bonds is 3. The van der Waals surface area contributed by atoms with E-state index in [9.17, 15) is 5.11 Å². The molecule has 0 aliphatic carbocycles. The molecule has 2 fully saturated rings. The number of hydrogen-bond acceptors (Lipinski definition) is 4. The molecule has 0 unspecified atom stereocenters. The number of ether oxygens (including phenoxy) is 1. The van der Waals surface area contributed by atoms with Crippen molar-refractivity contribution in [3.05, 3.63) is 29.8 Å². The molecule has 2 saturated heterocycles. The van der Waals surface area contributed by atoms with Gasteiger partial charge in [0.1, 0.15) is 0 Å². The van der Waals surface area contributed by atoms with E-state index in [0.717, 1.165) is 45.1 Å². The maximum atomic E-state index is 9.86. The Labute approximate surface area is 126 Å². The Kier molecular flexibility index (Phi) is 3.61. The van der Waals surface area contributed by atoms with Crippen molar-refractivity contribution in [3.8, 4) is 0 Å². The Morgan fingerprint density at radius 1 is 1.24 bits per heavy atom.